The fourth-order valence-electron chi connectivity index (χ4n) is 2.03. The summed E-state index contributed by atoms with van der Waals surface area (Å²) in [6, 6.07) is 6.33. The first kappa shape index (κ1) is 14.4. The summed E-state index contributed by atoms with van der Waals surface area (Å²) >= 11 is 7.70. The van der Waals surface area contributed by atoms with Gasteiger partial charge in [-0.1, -0.05) is 42.1 Å². The highest BCUT2D eigenvalue weighted by Gasteiger charge is 2.20. The van der Waals surface area contributed by atoms with Gasteiger partial charge in [0, 0.05) is 5.02 Å². The van der Waals surface area contributed by atoms with E-state index in [1.807, 2.05) is 13.0 Å². The lowest BCUT2D eigenvalue weighted by atomic mass is 10.0. The van der Waals surface area contributed by atoms with Crippen molar-refractivity contribution in [3.8, 4) is 0 Å². The Morgan fingerprint density at radius 2 is 2.16 bits per heavy atom. The molecule has 1 unspecified atom stereocenters. The average Bonchev–Trinajstić information content (AvgIpc) is 2.87. The SMILES string of the molecule is CCNC(c1ccc(C)c(Cl)c1)c1snnc1CC. The molecule has 1 atom stereocenters. The number of hydrogen-bond donors (Lipinski definition) is 1. The van der Waals surface area contributed by atoms with E-state index in [1.165, 1.54) is 22.0 Å². The summed E-state index contributed by atoms with van der Waals surface area (Å²) in [5, 5.41) is 8.50. The molecule has 0 saturated heterocycles. The van der Waals surface area contributed by atoms with E-state index in [-0.39, 0.29) is 6.04 Å². The molecule has 0 aliphatic heterocycles. The van der Waals surface area contributed by atoms with Crippen LogP contribution in [0.1, 0.15) is 41.6 Å². The third kappa shape index (κ3) is 3.14. The molecule has 0 fully saturated rings. The lowest BCUT2D eigenvalue weighted by molar-refractivity contribution is 0.633. The molecule has 0 aliphatic rings. The van der Waals surface area contributed by atoms with Gasteiger partial charge >= 0.3 is 0 Å². The summed E-state index contributed by atoms with van der Waals surface area (Å²) in [5.41, 5.74) is 3.32. The second-order valence-electron chi connectivity index (χ2n) is 4.44. The van der Waals surface area contributed by atoms with Gasteiger partial charge in [-0.05, 0) is 48.6 Å². The lowest BCUT2D eigenvalue weighted by Crippen LogP contribution is -2.22. The predicted octanol–water partition coefficient (Wildman–Crippen LogP) is 3.76. The van der Waals surface area contributed by atoms with Crippen LogP contribution in [0.4, 0.5) is 0 Å². The van der Waals surface area contributed by atoms with Crippen molar-refractivity contribution in [3.05, 3.63) is 44.9 Å². The van der Waals surface area contributed by atoms with Crippen LogP contribution in [-0.2, 0) is 6.42 Å². The molecule has 0 radical (unpaired) electrons. The fraction of sp³-hybridized carbons (Fsp3) is 0.429. The Morgan fingerprint density at radius 1 is 1.37 bits per heavy atom. The molecule has 3 nitrogen and oxygen atoms in total. The zero-order valence-electron chi connectivity index (χ0n) is 11.4. The fourth-order valence-corrected chi connectivity index (χ4v) is 3.07. The first-order chi connectivity index (χ1) is 9.17. The van der Waals surface area contributed by atoms with Crippen molar-refractivity contribution < 1.29 is 0 Å². The highest BCUT2D eigenvalue weighted by molar-refractivity contribution is 7.05. The third-order valence-electron chi connectivity index (χ3n) is 3.12. The number of nitrogens with one attached hydrogen (secondary N) is 1. The number of rotatable bonds is 5. The highest BCUT2D eigenvalue weighted by atomic mass is 35.5. The van der Waals surface area contributed by atoms with Crippen LogP contribution in [0.2, 0.25) is 5.02 Å². The van der Waals surface area contributed by atoms with Crippen molar-refractivity contribution >= 4 is 23.1 Å². The number of aromatic nitrogens is 2. The normalized spacial score (nSPS) is 12.6. The zero-order chi connectivity index (χ0) is 13.8. The molecule has 0 saturated carbocycles. The van der Waals surface area contributed by atoms with Crippen LogP contribution < -0.4 is 5.32 Å². The van der Waals surface area contributed by atoms with Crippen LogP contribution in [-0.4, -0.2) is 16.1 Å². The Kier molecular flexibility index (Phi) is 4.91. The summed E-state index contributed by atoms with van der Waals surface area (Å²) in [7, 11) is 0. The number of hydrogen-bond acceptors (Lipinski definition) is 4. The van der Waals surface area contributed by atoms with Gasteiger partial charge in [0.2, 0.25) is 0 Å². The standard InChI is InChI=1S/C14H18ClN3S/c1-4-12-14(19-18-17-12)13(16-5-2)10-7-6-9(3)11(15)8-10/h6-8,13,16H,4-5H2,1-3H3. The van der Waals surface area contributed by atoms with Gasteiger partial charge in [0.05, 0.1) is 16.6 Å². The second-order valence-corrected chi connectivity index (χ2v) is 5.63. The Morgan fingerprint density at radius 3 is 2.79 bits per heavy atom. The van der Waals surface area contributed by atoms with Crippen LogP contribution in [0.5, 0.6) is 0 Å². The summed E-state index contributed by atoms with van der Waals surface area (Å²) in [6.45, 7) is 7.10. The van der Waals surface area contributed by atoms with E-state index in [0.29, 0.717) is 0 Å². The van der Waals surface area contributed by atoms with Gasteiger partial charge in [0.15, 0.2) is 0 Å². The number of nitrogens with zero attached hydrogens (tertiary/aromatic N) is 2. The minimum Gasteiger partial charge on any atom is -0.306 e. The molecule has 1 heterocycles. The molecule has 0 bridgehead atoms. The number of halogens is 1. The molecule has 1 aromatic heterocycles. The smallest absolute Gasteiger partial charge is 0.0804 e. The van der Waals surface area contributed by atoms with E-state index in [0.717, 1.165) is 29.2 Å². The summed E-state index contributed by atoms with van der Waals surface area (Å²) in [4.78, 5) is 1.18. The summed E-state index contributed by atoms with van der Waals surface area (Å²) < 4.78 is 4.08. The molecule has 1 N–H and O–H groups in total. The van der Waals surface area contributed by atoms with E-state index in [2.05, 4.69) is 40.9 Å². The third-order valence-corrected chi connectivity index (χ3v) is 4.36. The lowest BCUT2D eigenvalue weighted by Gasteiger charge is -2.18. The van der Waals surface area contributed by atoms with Crippen LogP contribution in [0.15, 0.2) is 18.2 Å². The van der Waals surface area contributed by atoms with Gasteiger partial charge in [-0.2, -0.15) is 0 Å². The van der Waals surface area contributed by atoms with Crippen LogP contribution >= 0.6 is 23.1 Å². The monoisotopic (exact) mass is 295 g/mol. The largest absolute Gasteiger partial charge is 0.306 e. The topological polar surface area (TPSA) is 37.8 Å². The number of benzene rings is 1. The Labute approximate surface area is 123 Å². The predicted molar refractivity (Wildman–Crippen MR) is 81.0 cm³/mol. The van der Waals surface area contributed by atoms with Crippen LogP contribution in [0, 0.1) is 6.92 Å². The van der Waals surface area contributed by atoms with Gasteiger partial charge < -0.3 is 5.32 Å². The minimum absolute atomic E-state index is 0.123. The molecule has 0 spiro atoms. The van der Waals surface area contributed by atoms with Crippen molar-refractivity contribution in [1.29, 1.82) is 0 Å². The van der Waals surface area contributed by atoms with Gasteiger partial charge in [0.25, 0.3) is 0 Å². The van der Waals surface area contributed by atoms with Gasteiger partial charge in [-0.3, -0.25) is 0 Å². The molecular weight excluding hydrogens is 278 g/mol. The van der Waals surface area contributed by atoms with Crippen LogP contribution in [0.3, 0.4) is 0 Å². The Hall–Kier alpha value is -0.970. The minimum atomic E-state index is 0.123. The second kappa shape index (κ2) is 6.46. The maximum atomic E-state index is 6.24. The van der Waals surface area contributed by atoms with E-state index in [1.54, 1.807) is 0 Å². The molecule has 1 aromatic carbocycles. The molecule has 0 aliphatic carbocycles. The molecule has 2 rings (SSSR count). The Balaban J connectivity index is 2.42. The van der Waals surface area contributed by atoms with Crippen molar-refractivity contribution in [2.45, 2.75) is 33.2 Å². The summed E-state index contributed by atoms with van der Waals surface area (Å²) in [5.74, 6) is 0. The van der Waals surface area contributed by atoms with Crippen molar-refractivity contribution in [3.63, 3.8) is 0 Å². The highest BCUT2D eigenvalue weighted by Crippen LogP contribution is 2.29. The quantitative estimate of drug-likeness (QED) is 0.912. The van der Waals surface area contributed by atoms with E-state index in [4.69, 9.17) is 11.6 Å². The van der Waals surface area contributed by atoms with E-state index in [9.17, 15) is 0 Å². The average molecular weight is 296 g/mol. The molecule has 0 amide bonds. The molecular formula is C14H18ClN3S. The van der Waals surface area contributed by atoms with Crippen molar-refractivity contribution in [2.75, 3.05) is 6.54 Å². The molecule has 2 aromatic rings. The molecule has 102 valence electrons. The maximum Gasteiger partial charge on any atom is 0.0804 e. The zero-order valence-corrected chi connectivity index (χ0v) is 13.0. The first-order valence-electron chi connectivity index (χ1n) is 6.47. The maximum absolute atomic E-state index is 6.24. The molecule has 19 heavy (non-hydrogen) atoms. The van der Waals surface area contributed by atoms with Gasteiger partial charge in [0.1, 0.15) is 0 Å². The first-order valence-corrected chi connectivity index (χ1v) is 7.63. The van der Waals surface area contributed by atoms with Gasteiger partial charge in [-0.15, -0.1) is 5.10 Å². The van der Waals surface area contributed by atoms with Gasteiger partial charge in [-0.25, -0.2) is 0 Å². The van der Waals surface area contributed by atoms with Crippen LogP contribution in [0.25, 0.3) is 0 Å². The number of aryl methyl sites for hydroxylation is 2. The van der Waals surface area contributed by atoms with E-state index >= 15 is 0 Å². The van der Waals surface area contributed by atoms with E-state index < -0.39 is 0 Å². The van der Waals surface area contributed by atoms with Crippen molar-refractivity contribution in [2.24, 2.45) is 0 Å². The summed E-state index contributed by atoms with van der Waals surface area (Å²) in [6.07, 6.45) is 0.896. The molecule has 5 heteroatoms. The Bertz CT molecular complexity index is 553. The van der Waals surface area contributed by atoms with Crippen molar-refractivity contribution in [1.82, 2.24) is 14.9 Å².